The molecule has 0 amide bonds. The summed E-state index contributed by atoms with van der Waals surface area (Å²) in [6.07, 6.45) is -3.00. The first-order valence-corrected chi connectivity index (χ1v) is 13.1. The van der Waals surface area contributed by atoms with E-state index in [1.54, 1.807) is 0 Å². The van der Waals surface area contributed by atoms with Gasteiger partial charge in [0.05, 0.1) is 106 Å². The fourth-order valence-electron chi connectivity index (χ4n) is 3.02. The summed E-state index contributed by atoms with van der Waals surface area (Å²) in [7, 11) is 0. The van der Waals surface area contributed by atoms with E-state index in [2.05, 4.69) is 0 Å². The minimum atomic E-state index is -0.750. The van der Waals surface area contributed by atoms with Gasteiger partial charge in [-0.15, -0.1) is 0 Å². The van der Waals surface area contributed by atoms with Crippen molar-refractivity contribution >= 4 is 0 Å². The Kier molecular flexibility index (Phi) is 25.9. The van der Waals surface area contributed by atoms with Crippen molar-refractivity contribution in [3.8, 4) is 0 Å². The maximum Gasteiger partial charge on any atom is 0.104 e. The molecule has 0 saturated carbocycles. The van der Waals surface area contributed by atoms with Crippen molar-refractivity contribution in [1.29, 1.82) is 0 Å². The maximum absolute atomic E-state index is 9.21. The molecular formula is C24H51NO14. The van der Waals surface area contributed by atoms with Crippen LogP contribution >= 0.6 is 0 Å². The molecule has 10 N–H and O–H groups in total. The van der Waals surface area contributed by atoms with Crippen LogP contribution in [-0.2, 0) is 28.4 Å². The van der Waals surface area contributed by atoms with Crippen LogP contribution in [0.1, 0.15) is 0 Å². The lowest BCUT2D eigenvalue weighted by atomic mass is 10.1. The summed E-state index contributed by atoms with van der Waals surface area (Å²) in [6, 6.07) is 0. The number of hydrogen-bond acceptors (Lipinski definition) is 15. The Hall–Kier alpha value is -0.600. The first kappa shape index (κ1) is 38.4. The Morgan fingerprint density at radius 2 is 0.590 bits per heavy atom. The number of aliphatic hydroxyl groups is 8. The Morgan fingerprint density at radius 3 is 0.795 bits per heavy atom. The van der Waals surface area contributed by atoms with Crippen LogP contribution in [0.2, 0.25) is 0 Å². The zero-order chi connectivity index (χ0) is 29.3. The Morgan fingerprint density at radius 1 is 0.359 bits per heavy atom. The van der Waals surface area contributed by atoms with Crippen molar-refractivity contribution in [3.63, 3.8) is 0 Å². The van der Waals surface area contributed by atoms with Crippen LogP contribution in [-0.4, -0.2) is 178 Å². The molecule has 0 bridgehead atoms. The fraction of sp³-hybridized carbons (Fsp3) is 1.00. The average Bonchev–Trinajstić information content (AvgIpc) is 2.97. The van der Waals surface area contributed by atoms with Gasteiger partial charge in [0.2, 0.25) is 0 Å². The van der Waals surface area contributed by atoms with Gasteiger partial charge in [0.25, 0.3) is 0 Å². The lowest BCUT2D eigenvalue weighted by molar-refractivity contribution is -0.0920. The number of nitrogens with two attached hydrogens (primary N) is 1. The summed E-state index contributed by atoms with van der Waals surface area (Å²) in [5.41, 5.74) is 5.86. The molecule has 0 aliphatic carbocycles. The minimum Gasteiger partial charge on any atom is -0.394 e. The monoisotopic (exact) mass is 577 g/mol. The molecule has 0 aliphatic rings. The van der Waals surface area contributed by atoms with Crippen LogP contribution < -0.4 is 5.73 Å². The summed E-state index contributed by atoms with van der Waals surface area (Å²) < 4.78 is 33.5. The third kappa shape index (κ3) is 19.2. The van der Waals surface area contributed by atoms with Gasteiger partial charge in [0.15, 0.2) is 0 Å². The van der Waals surface area contributed by atoms with Crippen molar-refractivity contribution in [2.24, 2.45) is 23.5 Å². The summed E-state index contributed by atoms with van der Waals surface area (Å²) in [4.78, 5) is 0. The van der Waals surface area contributed by atoms with Crippen LogP contribution in [0.15, 0.2) is 0 Å². The lowest BCUT2D eigenvalue weighted by Crippen LogP contribution is -2.34. The van der Waals surface area contributed by atoms with Crippen molar-refractivity contribution in [2.75, 3.05) is 112 Å². The number of aliphatic hydroxyl groups excluding tert-OH is 8. The summed E-state index contributed by atoms with van der Waals surface area (Å²) in [5, 5.41) is 73.6. The van der Waals surface area contributed by atoms with E-state index in [-0.39, 0.29) is 130 Å². The van der Waals surface area contributed by atoms with Crippen LogP contribution in [0.5, 0.6) is 0 Å². The molecule has 15 heteroatoms. The molecular weight excluding hydrogens is 526 g/mol. The van der Waals surface area contributed by atoms with Gasteiger partial charge in [0, 0.05) is 17.8 Å². The summed E-state index contributed by atoms with van der Waals surface area (Å²) in [6.45, 7) is -1.32. The van der Waals surface area contributed by atoms with Crippen molar-refractivity contribution in [2.45, 2.75) is 24.4 Å². The molecule has 0 radical (unpaired) electrons. The molecule has 0 aliphatic heterocycles. The lowest BCUT2D eigenvalue weighted by Gasteiger charge is -2.24. The first-order valence-electron chi connectivity index (χ1n) is 13.1. The van der Waals surface area contributed by atoms with E-state index in [4.69, 9.17) is 34.2 Å². The van der Waals surface area contributed by atoms with Gasteiger partial charge in [0.1, 0.15) is 24.4 Å². The van der Waals surface area contributed by atoms with Crippen molar-refractivity contribution < 1.29 is 69.3 Å². The summed E-state index contributed by atoms with van der Waals surface area (Å²) in [5.74, 6) is -0.812. The summed E-state index contributed by atoms with van der Waals surface area (Å²) >= 11 is 0. The highest BCUT2D eigenvalue weighted by Gasteiger charge is 2.20. The van der Waals surface area contributed by atoms with Gasteiger partial charge in [-0.3, -0.25) is 0 Å². The molecule has 0 fully saturated rings. The smallest absolute Gasteiger partial charge is 0.104 e. The normalized spacial score (nSPS) is 12.6. The van der Waals surface area contributed by atoms with E-state index in [1.807, 2.05) is 0 Å². The highest BCUT2D eigenvalue weighted by Crippen LogP contribution is 2.09. The second-order valence-electron chi connectivity index (χ2n) is 9.19. The molecule has 0 rings (SSSR count). The first-order chi connectivity index (χ1) is 18.9. The molecule has 0 aromatic carbocycles. The van der Waals surface area contributed by atoms with Crippen molar-refractivity contribution in [3.05, 3.63) is 0 Å². The van der Waals surface area contributed by atoms with Crippen molar-refractivity contribution in [1.82, 2.24) is 0 Å². The molecule has 15 nitrogen and oxygen atoms in total. The number of ether oxygens (including phenoxy) is 6. The predicted molar refractivity (Wildman–Crippen MR) is 137 cm³/mol. The Labute approximate surface area is 230 Å². The van der Waals surface area contributed by atoms with Gasteiger partial charge >= 0.3 is 0 Å². The predicted octanol–water partition coefficient (Wildman–Crippen LogP) is -4.69. The van der Waals surface area contributed by atoms with Gasteiger partial charge in [-0.1, -0.05) is 0 Å². The SMILES string of the molecule is NCC(COCC(COC(CO)CO)COC(CO)CO)COCC(COC(CO)CO)COC(CO)CO. The molecule has 0 unspecified atom stereocenters. The highest BCUT2D eigenvalue weighted by atomic mass is 16.5. The molecule has 0 saturated heterocycles. The van der Waals surface area contributed by atoms with E-state index in [0.29, 0.717) is 0 Å². The quantitative estimate of drug-likeness (QED) is 0.0405. The van der Waals surface area contributed by atoms with Gasteiger partial charge in [-0.25, -0.2) is 0 Å². The highest BCUT2D eigenvalue weighted by molar-refractivity contribution is 4.66. The third-order valence-electron chi connectivity index (χ3n) is 5.65. The second-order valence-corrected chi connectivity index (χ2v) is 9.19. The molecule has 0 spiro atoms. The van der Waals surface area contributed by atoms with E-state index in [0.717, 1.165) is 0 Å². The zero-order valence-electron chi connectivity index (χ0n) is 22.7. The van der Waals surface area contributed by atoms with Crippen LogP contribution in [0.25, 0.3) is 0 Å². The topological polar surface area (TPSA) is 243 Å². The van der Waals surface area contributed by atoms with Crippen LogP contribution in [0.3, 0.4) is 0 Å². The Balaban J connectivity index is 4.76. The largest absolute Gasteiger partial charge is 0.394 e. The van der Waals surface area contributed by atoms with Gasteiger partial charge < -0.3 is 75.0 Å². The fourth-order valence-corrected chi connectivity index (χ4v) is 3.02. The average molecular weight is 578 g/mol. The molecule has 236 valence electrons. The second kappa shape index (κ2) is 26.3. The minimum absolute atomic E-state index is 0.103. The van der Waals surface area contributed by atoms with Gasteiger partial charge in [-0.2, -0.15) is 0 Å². The van der Waals surface area contributed by atoms with Crippen LogP contribution in [0.4, 0.5) is 0 Å². The molecule has 0 atom stereocenters. The van der Waals surface area contributed by atoms with Crippen LogP contribution in [0, 0.1) is 17.8 Å². The molecule has 39 heavy (non-hydrogen) atoms. The van der Waals surface area contributed by atoms with Gasteiger partial charge in [-0.05, 0) is 6.54 Å². The third-order valence-corrected chi connectivity index (χ3v) is 5.65. The Bertz CT molecular complexity index is 433. The van der Waals surface area contributed by atoms with E-state index in [9.17, 15) is 40.9 Å². The maximum atomic E-state index is 9.21. The number of hydrogen-bond donors (Lipinski definition) is 9. The zero-order valence-corrected chi connectivity index (χ0v) is 22.7. The standard InChI is InChI=1S/C24H51NO14/c25-1-18(10-34-12-19(14-36-21(2-26)3-27)15-37-22(4-28)5-29)11-35-13-20(16-38-23(6-30)7-31)17-39-24(8-32)9-33/h18-24,26-33H,1-17,25H2. The van der Waals surface area contributed by atoms with E-state index in [1.165, 1.54) is 0 Å². The number of rotatable bonds is 29. The van der Waals surface area contributed by atoms with E-state index >= 15 is 0 Å². The van der Waals surface area contributed by atoms with E-state index < -0.39 is 24.4 Å². The molecule has 0 aromatic rings. The molecule has 0 aromatic heterocycles. The molecule has 0 heterocycles.